The van der Waals surface area contributed by atoms with Gasteiger partial charge in [0.15, 0.2) is 0 Å². The van der Waals surface area contributed by atoms with E-state index < -0.39 is 0 Å². The molecule has 0 atom stereocenters. The monoisotopic (exact) mass is 379 g/mol. The summed E-state index contributed by atoms with van der Waals surface area (Å²) in [5.74, 6) is 0. The van der Waals surface area contributed by atoms with Crippen LogP contribution in [0.2, 0.25) is 0 Å². The second-order valence-electron chi connectivity index (χ2n) is 3.88. The standard InChI is InChI=1S/C14H10IN3S/c15-11-6-2-1-5-10(11)9-16-18-14-17-12-7-3-4-8-13(12)19-14/h1-9H,(H,17,18)/b16-9-. The second-order valence-corrected chi connectivity index (χ2v) is 6.07. The number of hydrogen-bond acceptors (Lipinski definition) is 4. The molecule has 0 unspecified atom stereocenters. The van der Waals surface area contributed by atoms with Gasteiger partial charge in [-0.1, -0.05) is 41.7 Å². The largest absolute Gasteiger partial charge is 0.253 e. The molecule has 3 nitrogen and oxygen atoms in total. The smallest absolute Gasteiger partial charge is 0.204 e. The summed E-state index contributed by atoms with van der Waals surface area (Å²) in [5, 5.41) is 5.04. The summed E-state index contributed by atoms with van der Waals surface area (Å²) < 4.78 is 2.34. The zero-order valence-electron chi connectivity index (χ0n) is 9.88. The van der Waals surface area contributed by atoms with Gasteiger partial charge in [-0.05, 0) is 40.8 Å². The Bertz CT molecular complexity index is 703. The molecule has 0 bridgehead atoms. The molecule has 94 valence electrons. The van der Waals surface area contributed by atoms with Gasteiger partial charge in [0.1, 0.15) is 0 Å². The molecular formula is C14H10IN3S. The Labute approximate surface area is 128 Å². The van der Waals surface area contributed by atoms with Crippen LogP contribution >= 0.6 is 33.9 Å². The lowest BCUT2D eigenvalue weighted by atomic mass is 10.2. The molecule has 3 aromatic rings. The molecule has 0 aliphatic carbocycles. The number of para-hydroxylation sites is 1. The fourth-order valence-corrected chi connectivity index (χ4v) is 3.00. The molecule has 0 saturated heterocycles. The highest BCUT2D eigenvalue weighted by Crippen LogP contribution is 2.25. The summed E-state index contributed by atoms with van der Waals surface area (Å²) in [6, 6.07) is 16.2. The lowest BCUT2D eigenvalue weighted by molar-refractivity contribution is 1.31. The normalized spacial score (nSPS) is 11.2. The maximum Gasteiger partial charge on any atom is 0.204 e. The molecule has 0 spiro atoms. The number of aromatic nitrogens is 1. The van der Waals surface area contributed by atoms with Crippen molar-refractivity contribution in [1.29, 1.82) is 0 Å². The predicted octanol–water partition coefficient (Wildman–Crippen LogP) is 4.35. The van der Waals surface area contributed by atoms with Crippen LogP contribution in [0.1, 0.15) is 5.56 Å². The molecule has 0 radical (unpaired) electrons. The highest BCUT2D eigenvalue weighted by Gasteiger charge is 2.00. The van der Waals surface area contributed by atoms with Crippen molar-refractivity contribution < 1.29 is 0 Å². The number of anilines is 1. The molecule has 1 aromatic heterocycles. The Kier molecular flexibility index (Phi) is 3.74. The quantitative estimate of drug-likeness (QED) is 0.418. The molecule has 0 aliphatic rings. The average Bonchev–Trinajstić information content (AvgIpc) is 2.83. The minimum atomic E-state index is 0.809. The van der Waals surface area contributed by atoms with Crippen molar-refractivity contribution in [3.05, 3.63) is 57.7 Å². The molecule has 19 heavy (non-hydrogen) atoms. The summed E-state index contributed by atoms with van der Waals surface area (Å²) in [4.78, 5) is 4.46. The number of nitrogens with one attached hydrogen (secondary N) is 1. The van der Waals surface area contributed by atoms with Crippen LogP contribution in [0.5, 0.6) is 0 Å². The van der Waals surface area contributed by atoms with Crippen LogP contribution < -0.4 is 5.43 Å². The molecule has 1 heterocycles. The van der Waals surface area contributed by atoms with Gasteiger partial charge in [0.05, 0.1) is 16.4 Å². The molecule has 0 aliphatic heterocycles. The van der Waals surface area contributed by atoms with E-state index in [1.807, 2.05) is 42.6 Å². The molecule has 0 amide bonds. The predicted molar refractivity (Wildman–Crippen MR) is 90.0 cm³/mol. The van der Waals surface area contributed by atoms with Crippen LogP contribution in [0, 0.1) is 3.57 Å². The number of nitrogens with zero attached hydrogens (tertiary/aromatic N) is 2. The Morgan fingerprint density at radius 1 is 1.11 bits per heavy atom. The molecule has 3 rings (SSSR count). The molecule has 2 aromatic carbocycles. The van der Waals surface area contributed by atoms with Crippen molar-refractivity contribution in [3.8, 4) is 0 Å². The first-order valence-electron chi connectivity index (χ1n) is 5.72. The Morgan fingerprint density at radius 2 is 1.89 bits per heavy atom. The van der Waals surface area contributed by atoms with Crippen LogP contribution in [-0.4, -0.2) is 11.2 Å². The van der Waals surface area contributed by atoms with Crippen LogP contribution in [-0.2, 0) is 0 Å². The van der Waals surface area contributed by atoms with Gasteiger partial charge < -0.3 is 0 Å². The second kappa shape index (κ2) is 5.66. The van der Waals surface area contributed by atoms with E-state index in [1.165, 1.54) is 3.57 Å². The van der Waals surface area contributed by atoms with Crippen molar-refractivity contribution >= 4 is 55.5 Å². The summed E-state index contributed by atoms with van der Waals surface area (Å²) in [6.07, 6.45) is 1.81. The zero-order valence-corrected chi connectivity index (χ0v) is 12.9. The van der Waals surface area contributed by atoms with Crippen molar-refractivity contribution in [2.24, 2.45) is 5.10 Å². The number of hydrogen-bond donors (Lipinski definition) is 1. The number of thiazole rings is 1. The third-order valence-corrected chi connectivity index (χ3v) is 4.49. The number of halogens is 1. The first-order chi connectivity index (χ1) is 9.33. The molecule has 5 heteroatoms. The lowest BCUT2D eigenvalue weighted by Crippen LogP contribution is -1.91. The van der Waals surface area contributed by atoms with Gasteiger partial charge in [0.25, 0.3) is 0 Å². The summed E-state index contributed by atoms with van der Waals surface area (Å²) in [5.41, 5.74) is 5.08. The van der Waals surface area contributed by atoms with E-state index in [9.17, 15) is 0 Å². The average molecular weight is 379 g/mol. The van der Waals surface area contributed by atoms with E-state index in [2.05, 4.69) is 50.2 Å². The Hall–Kier alpha value is -1.47. The highest BCUT2D eigenvalue weighted by molar-refractivity contribution is 14.1. The fraction of sp³-hybridized carbons (Fsp3) is 0. The summed E-state index contributed by atoms with van der Waals surface area (Å²) in [7, 11) is 0. The van der Waals surface area contributed by atoms with Gasteiger partial charge >= 0.3 is 0 Å². The Morgan fingerprint density at radius 3 is 2.74 bits per heavy atom. The van der Waals surface area contributed by atoms with Crippen LogP contribution in [0.4, 0.5) is 5.13 Å². The number of hydrazone groups is 1. The summed E-state index contributed by atoms with van der Waals surface area (Å²) in [6.45, 7) is 0. The van der Waals surface area contributed by atoms with Crippen LogP contribution in [0.15, 0.2) is 53.6 Å². The van der Waals surface area contributed by atoms with E-state index in [0.717, 1.165) is 20.9 Å². The van der Waals surface area contributed by atoms with Crippen LogP contribution in [0.3, 0.4) is 0 Å². The van der Waals surface area contributed by atoms with Gasteiger partial charge in [0, 0.05) is 9.13 Å². The number of rotatable bonds is 3. The molecule has 0 saturated carbocycles. The SMILES string of the molecule is Ic1ccccc1/C=N\Nc1nc2ccccc2s1. The van der Waals surface area contributed by atoms with Crippen molar-refractivity contribution in [1.82, 2.24) is 4.98 Å². The first kappa shape index (κ1) is 12.6. The van der Waals surface area contributed by atoms with Gasteiger partial charge in [-0.15, -0.1) is 0 Å². The minimum absolute atomic E-state index is 0.809. The third-order valence-electron chi connectivity index (χ3n) is 2.56. The fourth-order valence-electron chi connectivity index (χ4n) is 1.66. The minimum Gasteiger partial charge on any atom is -0.253 e. The zero-order chi connectivity index (χ0) is 13.1. The first-order valence-corrected chi connectivity index (χ1v) is 7.61. The Balaban J connectivity index is 1.77. The topological polar surface area (TPSA) is 37.3 Å². The highest BCUT2D eigenvalue weighted by atomic mass is 127. The van der Waals surface area contributed by atoms with Gasteiger partial charge in [-0.25, -0.2) is 4.98 Å². The van der Waals surface area contributed by atoms with Crippen molar-refractivity contribution in [3.63, 3.8) is 0 Å². The van der Waals surface area contributed by atoms with Crippen molar-refractivity contribution in [2.45, 2.75) is 0 Å². The van der Waals surface area contributed by atoms with Gasteiger partial charge in [-0.2, -0.15) is 5.10 Å². The van der Waals surface area contributed by atoms with E-state index in [1.54, 1.807) is 11.3 Å². The lowest BCUT2D eigenvalue weighted by Gasteiger charge is -1.96. The number of fused-ring (bicyclic) bond motifs is 1. The number of benzene rings is 2. The van der Waals surface area contributed by atoms with E-state index >= 15 is 0 Å². The van der Waals surface area contributed by atoms with E-state index in [-0.39, 0.29) is 0 Å². The third kappa shape index (κ3) is 2.93. The maximum atomic E-state index is 4.46. The van der Waals surface area contributed by atoms with E-state index in [4.69, 9.17) is 0 Å². The van der Waals surface area contributed by atoms with Gasteiger partial charge in [0.2, 0.25) is 5.13 Å². The van der Waals surface area contributed by atoms with Crippen molar-refractivity contribution in [2.75, 3.05) is 5.43 Å². The van der Waals surface area contributed by atoms with E-state index in [0.29, 0.717) is 0 Å². The maximum absolute atomic E-state index is 4.46. The summed E-state index contributed by atoms with van der Waals surface area (Å²) >= 11 is 3.89. The van der Waals surface area contributed by atoms with Gasteiger partial charge in [-0.3, -0.25) is 5.43 Å². The molecular weight excluding hydrogens is 369 g/mol. The molecule has 0 fully saturated rings. The van der Waals surface area contributed by atoms with Crippen LogP contribution in [0.25, 0.3) is 10.2 Å². The molecule has 1 N–H and O–H groups in total.